The summed E-state index contributed by atoms with van der Waals surface area (Å²) < 4.78 is 28.3. The lowest BCUT2D eigenvalue weighted by atomic mass is 10.2. The summed E-state index contributed by atoms with van der Waals surface area (Å²) in [5, 5.41) is 10.1. The number of hydrogen-bond acceptors (Lipinski definition) is 5. The largest absolute Gasteiger partial charge is 0.486 e. The molecule has 1 aliphatic rings. The maximum absolute atomic E-state index is 11.4. The molecule has 7 heteroatoms. The van der Waals surface area contributed by atoms with Gasteiger partial charge in [0.25, 0.3) is 0 Å². The summed E-state index contributed by atoms with van der Waals surface area (Å²) in [5.41, 5.74) is 6.18. The van der Waals surface area contributed by atoms with E-state index in [1.165, 1.54) is 0 Å². The Morgan fingerprint density at radius 3 is 2.72 bits per heavy atom. The van der Waals surface area contributed by atoms with E-state index in [4.69, 9.17) is 22.1 Å². The van der Waals surface area contributed by atoms with Crippen LogP contribution in [0.2, 0.25) is 5.02 Å². The Labute approximate surface area is 110 Å². The fourth-order valence-electron chi connectivity index (χ4n) is 1.92. The Morgan fingerprint density at radius 2 is 2.17 bits per heavy atom. The van der Waals surface area contributed by atoms with Gasteiger partial charge in [-0.2, -0.15) is 0 Å². The van der Waals surface area contributed by atoms with Gasteiger partial charge in [-0.3, -0.25) is 0 Å². The zero-order valence-electron chi connectivity index (χ0n) is 9.54. The monoisotopic (exact) mass is 291 g/mol. The minimum absolute atomic E-state index is 0.185. The third kappa shape index (κ3) is 2.77. The molecule has 0 aliphatic carbocycles. The first-order valence-electron chi connectivity index (χ1n) is 5.45. The molecule has 1 saturated heterocycles. The van der Waals surface area contributed by atoms with Crippen molar-refractivity contribution in [3.8, 4) is 5.75 Å². The maximum atomic E-state index is 11.4. The highest BCUT2D eigenvalue weighted by Gasteiger charge is 2.38. The number of aliphatic hydroxyl groups excluding tert-OH is 1. The second-order valence-electron chi connectivity index (χ2n) is 4.22. The number of nitrogens with two attached hydrogens (primary N) is 1. The third-order valence-electron chi connectivity index (χ3n) is 2.83. The van der Waals surface area contributed by atoms with Gasteiger partial charge >= 0.3 is 0 Å². The first kappa shape index (κ1) is 13.6. The van der Waals surface area contributed by atoms with Crippen LogP contribution in [0.25, 0.3) is 0 Å². The van der Waals surface area contributed by atoms with Crippen molar-refractivity contribution < 1.29 is 18.3 Å². The van der Waals surface area contributed by atoms with Crippen LogP contribution in [-0.4, -0.2) is 37.2 Å². The van der Waals surface area contributed by atoms with Gasteiger partial charge in [-0.05, 0) is 12.1 Å². The normalized spacial score (nSPS) is 26.2. The molecule has 0 aromatic heterocycles. The van der Waals surface area contributed by atoms with Crippen molar-refractivity contribution in [2.24, 2.45) is 5.73 Å². The molecule has 2 atom stereocenters. The Bertz CT molecular complexity index is 546. The van der Waals surface area contributed by atoms with Gasteiger partial charge in [0.05, 0.1) is 11.5 Å². The van der Waals surface area contributed by atoms with E-state index in [0.717, 1.165) is 0 Å². The molecule has 0 spiro atoms. The van der Waals surface area contributed by atoms with E-state index in [9.17, 15) is 13.5 Å². The molecular weight excluding hydrogens is 278 g/mol. The van der Waals surface area contributed by atoms with Crippen LogP contribution in [0.5, 0.6) is 5.75 Å². The van der Waals surface area contributed by atoms with Gasteiger partial charge in [0.15, 0.2) is 9.84 Å². The molecule has 18 heavy (non-hydrogen) atoms. The number of ether oxygens (including phenoxy) is 1. The molecule has 1 heterocycles. The quantitative estimate of drug-likeness (QED) is 0.838. The van der Waals surface area contributed by atoms with Crippen molar-refractivity contribution in [2.45, 2.75) is 18.8 Å². The van der Waals surface area contributed by atoms with E-state index in [1.807, 2.05) is 0 Å². The van der Waals surface area contributed by atoms with E-state index >= 15 is 0 Å². The van der Waals surface area contributed by atoms with Gasteiger partial charge in [0.1, 0.15) is 18.0 Å². The summed E-state index contributed by atoms with van der Waals surface area (Å²) in [5.74, 6) is -0.0351. The molecule has 3 N–H and O–H groups in total. The van der Waals surface area contributed by atoms with Crippen molar-refractivity contribution in [1.82, 2.24) is 0 Å². The summed E-state index contributed by atoms with van der Waals surface area (Å²) in [6.07, 6.45) is -1.78. The lowest BCUT2D eigenvalue weighted by Gasteiger charge is -2.18. The van der Waals surface area contributed by atoms with Crippen LogP contribution >= 0.6 is 11.6 Å². The molecule has 2 rings (SSSR count). The molecule has 2 unspecified atom stereocenters. The van der Waals surface area contributed by atoms with E-state index in [-0.39, 0.29) is 18.1 Å². The zero-order chi connectivity index (χ0) is 13.3. The zero-order valence-corrected chi connectivity index (χ0v) is 11.1. The lowest BCUT2D eigenvalue weighted by Crippen LogP contribution is -2.30. The van der Waals surface area contributed by atoms with Crippen LogP contribution in [-0.2, 0) is 16.4 Å². The van der Waals surface area contributed by atoms with E-state index in [2.05, 4.69) is 0 Å². The highest BCUT2D eigenvalue weighted by Crippen LogP contribution is 2.28. The van der Waals surface area contributed by atoms with Crippen LogP contribution in [0.3, 0.4) is 0 Å². The van der Waals surface area contributed by atoms with Crippen LogP contribution in [0, 0.1) is 0 Å². The average Bonchev–Trinajstić information content (AvgIpc) is 2.52. The standard InChI is InChI=1S/C11H14ClNO4S/c12-8-2-1-3-10(7(8)4-13)17-11-6-18(15,16)5-9(11)14/h1-3,9,11,14H,4-6,13H2. The van der Waals surface area contributed by atoms with Crippen molar-refractivity contribution in [3.63, 3.8) is 0 Å². The summed E-state index contributed by atoms with van der Waals surface area (Å²) in [4.78, 5) is 0. The van der Waals surface area contributed by atoms with Crippen molar-refractivity contribution in [2.75, 3.05) is 11.5 Å². The molecule has 1 aliphatic heterocycles. The molecule has 0 saturated carbocycles. The molecule has 5 nitrogen and oxygen atoms in total. The van der Waals surface area contributed by atoms with Gasteiger partial charge in [0, 0.05) is 17.1 Å². The Hall–Kier alpha value is -0.820. The Balaban J connectivity index is 2.23. The van der Waals surface area contributed by atoms with Crippen LogP contribution in [0.1, 0.15) is 5.56 Å². The molecule has 0 amide bonds. The molecular formula is C11H14ClNO4S. The van der Waals surface area contributed by atoms with Gasteiger partial charge in [-0.1, -0.05) is 17.7 Å². The summed E-state index contributed by atoms with van der Waals surface area (Å²) >= 11 is 5.97. The predicted octanol–water partition coefficient (Wildman–Crippen LogP) is 0.335. The second-order valence-corrected chi connectivity index (χ2v) is 6.78. The highest BCUT2D eigenvalue weighted by molar-refractivity contribution is 7.91. The molecule has 1 aromatic rings. The molecule has 100 valence electrons. The van der Waals surface area contributed by atoms with Crippen LogP contribution in [0.15, 0.2) is 18.2 Å². The first-order chi connectivity index (χ1) is 8.43. The highest BCUT2D eigenvalue weighted by atomic mass is 35.5. The number of hydrogen-bond donors (Lipinski definition) is 2. The number of aliphatic hydroxyl groups is 1. The van der Waals surface area contributed by atoms with Crippen molar-refractivity contribution >= 4 is 21.4 Å². The Kier molecular flexibility index (Phi) is 3.82. The minimum atomic E-state index is -3.23. The predicted molar refractivity (Wildman–Crippen MR) is 68.4 cm³/mol. The van der Waals surface area contributed by atoms with Gasteiger partial charge in [-0.25, -0.2) is 8.42 Å². The Morgan fingerprint density at radius 1 is 1.44 bits per heavy atom. The summed E-state index contributed by atoms with van der Waals surface area (Å²) in [6, 6.07) is 5.02. The fraction of sp³-hybridized carbons (Fsp3) is 0.455. The smallest absolute Gasteiger partial charge is 0.156 e. The van der Waals surface area contributed by atoms with Crippen molar-refractivity contribution in [3.05, 3.63) is 28.8 Å². The maximum Gasteiger partial charge on any atom is 0.156 e. The second kappa shape index (κ2) is 5.05. The number of sulfone groups is 1. The molecule has 1 fully saturated rings. The van der Waals surface area contributed by atoms with Gasteiger partial charge < -0.3 is 15.6 Å². The summed E-state index contributed by atoms with van der Waals surface area (Å²) in [7, 11) is -3.23. The van der Waals surface area contributed by atoms with Gasteiger partial charge in [-0.15, -0.1) is 0 Å². The SMILES string of the molecule is NCc1c(Cl)cccc1OC1CS(=O)(=O)CC1O. The topological polar surface area (TPSA) is 89.6 Å². The van der Waals surface area contributed by atoms with Crippen molar-refractivity contribution in [1.29, 1.82) is 0 Å². The van der Waals surface area contributed by atoms with E-state index in [0.29, 0.717) is 16.3 Å². The fourth-order valence-corrected chi connectivity index (χ4v) is 3.82. The molecule has 0 radical (unpaired) electrons. The average molecular weight is 292 g/mol. The summed E-state index contributed by atoms with van der Waals surface area (Å²) in [6.45, 7) is 0.185. The number of rotatable bonds is 3. The number of benzene rings is 1. The van der Waals surface area contributed by atoms with Gasteiger partial charge in [0.2, 0.25) is 0 Å². The van der Waals surface area contributed by atoms with E-state index in [1.54, 1.807) is 18.2 Å². The lowest BCUT2D eigenvalue weighted by molar-refractivity contribution is 0.0731. The van der Waals surface area contributed by atoms with Crippen LogP contribution in [0.4, 0.5) is 0 Å². The molecule has 0 bridgehead atoms. The molecule has 1 aromatic carbocycles. The first-order valence-corrected chi connectivity index (χ1v) is 7.65. The van der Waals surface area contributed by atoms with E-state index < -0.39 is 22.0 Å². The minimum Gasteiger partial charge on any atom is -0.486 e. The number of halogens is 1. The van der Waals surface area contributed by atoms with Crippen LogP contribution < -0.4 is 10.5 Å². The third-order valence-corrected chi connectivity index (χ3v) is 4.87.